The Balaban J connectivity index is 1.36. The zero-order chi connectivity index (χ0) is 23.2. The van der Waals surface area contributed by atoms with Gasteiger partial charge in [0.2, 0.25) is 0 Å². The molecule has 0 unspecified atom stereocenters. The van der Waals surface area contributed by atoms with Gasteiger partial charge < -0.3 is 23.5 Å². The van der Waals surface area contributed by atoms with E-state index in [4.69, 9.17) is 18.6 Å². The third-order valence-electron chi connectivity index (χ3n) is 5.92. The maximum absolute atomic E-state index is 12.8. The van der Waals surface area contributed by atoms with E-state index in [-0.39, 0.29) is 18.4 Å². The summed E-state index contributed by atoms with van der Waals surface area (Å²) in [4.78, 5) is 19.2. The van der Waals surface area contributed by atoms with Crippen LogP contribution in [0.5, 0.6) is 17.2 Å². The lowest BCUT2D eigenvalue weighted by Crippen LogP contribution is -2.41. The summed E-state index contributed by atoms with van der Waals surface area (Å²) >= 11 is 0. The highest BCUT2D eigenvalue weighted by atomic mass is 16.5. The summed E-state index contributed by atoms with van der Waals surface area (Å²) in [5.74, 6) is 3.51. The molecule has 2 heterocycles. The van der Waals surface area contributed by atoms with Crippen LogP contribution in [-0.2, 0) is 11.2 Å². The van der Waals surface area contributed by atoms with Crippen molar-refractivity contribution in [3.63, 3.8) is 0 Å². The molecular weight excluding hydrogens is 420 g/mol. The first-order valence-corrected chi connectivity index (χ1v) is 11.2. The summed E-state index contributed by atoms with van der Waals surface area (Å²) in [6.45, 7) is 3.23. The van der Waals surface area contributed by atoms with Gasteiger partial charge in [-0.2, -0.15) is 0 Å². The second-order valence-electron chi connectivity index (χ2n) is 8.28. The molecule has 1 aliphatic heterocycles. The van der Waals surface area contributed by atoms with Crippen LogP contribution in [0, 0.1) is 6.92 Å². The number of carbonyl (C=O) groups is 1. The number of ether oxygens (including phenoxy) is 3. The van der Waals surface area contributed by atoms with Gasteiger partial charge in [0, 0.05) is 25.1 Å². The van der Waals surface area contributed by atoms with Crippen molar-refractivity contribution in [2.75, 3.05) is 33.9 Å². The number of hydrogen-bond acceptors (Lipinski definition) is 6. The van der Waals surface area contributed by atoms with Crippen LogP contribution in [0.3, 0.4) is 0 Å². The van der Waals surface area contributed by atoms with Crippen molar-refractivity contribution in [2.45, 2.75) is 32.1 Å². The van der Waals surface area contributed by atoms with Gasteiger partial charge in [-0.05, 0) is 43.5 Å². The first kappa shape index (κ1) is 22.7. The number of amides is 1. The number of likely N-dealkylation sites (tertiary alicyclic amines) is 1. The maximum Gasteiger partial charge on any atom is 0.260 e. The van der Waals surface area contributed by atoms with Gasteiger partial charge in [0.05, 0.1) is 26.3 Å². The van der Waals surface area contributed by atoms with Crippen LogP contribution in [-0.4, -0.2) is 49.7 Å². The number of aromatic nitrogens is 1. The molecule has 2 aromatic carbocycles. The summed E-state index contributed by atoms with van der Waals surface area (Å²) in [5.41, 5.74) is 2.12. The normalized spacial score (nSPS) is 15.8. The Morgan fingerprint density at radius 1 is 1.12 bits per heavy atom. The lowest BCUT2D eigenvalue weighted by Gasteiger charge is -2.31. The third kappa shape index (κ3) is 5.48. The fourth-order valence-electron chi connectivity index (χ4n) is 4.16. The van der Waals surface area contributed by atoms with Gasteiger partial charge >= 0.3 is 0 Å². The molecular formula is C26H30N2O5. The van der Waals surface area contributed by atoms with Crippen LogP contribution in [0.15, 0.2) is 53.1 Å². The van der Waals surface area contributed by atoms with Crippen LogP contribution in [0.1, 0.15) is 41.5 Å². The topological polar surface area (TPSA) is 74.0 Å². The number of para-hydroxylation sites is 1. The zero-order valence-electron chi connectivity index (χ0n) is 19.4. The summed E-state index contributed by atoms with van der Waals surface area (Å²) in [7, 11) is 3.26. The maximum atomic E-state index is 12.8. The smallest absolute Gasteiger partial charge is 0.260 e. The van der Waals surface area contributed by atoms with Crippen LogP contribution >= 0.6 is 0 Å². The predicted octanol–water partition coefficient (Wildman–Crippen LogP) is 4.38. The van der Waals surface area contributed by atoms with E-state index < -0.39 is 0 Å². The standard InChI is InChI=1S/C26H30N2O5/c1-18-10-11-23(24(13-18)31-3)32-17-25(29)28-12-6-8-20(16-28)26-27-15-21(33-26)14-19-7-4-5-9-22(19)30-2/h4-5,7,9-11,13,15,20H,6,8,12,14,16-17H2,1-3H3/t20-/m1/s1. The van der Waals surface area contributed by atoms with E-state index >= 15 is 0 Å². The van der Waals surface area contributed by atoms with Crippen molar-refractivity contribution in [1.29, 1.82) is 0 Å². The molecule has 1 aliphatic rings. The predicted molar refractivity (Wildman–Crippen MR) is 124 cm³/mol. The van der Waals surface area contributed by atoms with E-state index in [0.717, 1.165) is 35.5 Å². The van der Waals surface area contributed by atoms with Crippen LogP contribution in [0.2, 0.25) is 0 Å². The third-order valence-corrected chi connectivity index (χ3v) is 5.92. The zero-order valence-corrected chi connectivity index (χ0v) is 19.4. The fourth-order valence-corrected chi connectivity index (χ4v) is 4.16. The molecule has 0 saturated carbocycles. The highest BCUT2D eigenvalue weighted by Gasteiger charge is 2.28. The van der Waals surface area contributed by atoms with Crippen molar-refractivity contribution in [3.05, 3.63) is 71.4 Å². The molecule has 0 N–H and O–H groups in total. The van der Waals surface area contributed by atoms with Crippen molar-refractivity contribution in [3.8, 4) is 17.2 Å². The van der Waals surface area contributed by atoms with Crippen molar-refractivity contribution >= 4 is 5.91 Å². The highest BCUT2D eigenvalue weighted by Crippen LogP contribution is 2.30. The number of methoxy groups -OCH3 is 2. The first-order chi connectivity index (χ1) is 16.1. The minimum Gasteiger partial charge on any atom is -0.496 e. The van der Waals surface area contributed by atoms with Crippen LogP contribution < -0.4 is 14.2 Å². The van der Waals surface area contributed by atoms with Crippen molar-refractivity contribution in [2.24, 2.45) is 0 Å². The van der Waals surface area contributed by atoms with E-state index in [2.05, 4.69) is 4.98 Å². The van der Waals surface area contributed by atoms with Crippen molar-refractivity contribution in [1.82, 2.24) is 9.88 Å². The monoisotopic (exact) mass is 450 g/mol. The summed E-state index contributed by atoms with van der Waals surface area (Å²) < 4.78 is 22.6. The average Bonchev–Trinajstić information content (AvgIpc) is 3.32. The minimum absolute atomic E-state index is 0.0310. The van der Waals surface area contributed by atoms with Gasteiger partial charge in [-0.25, -0.2) is 4.98 Å². The van der Waals surface area contributed by atoms with Crippen molar-refractivity contribution < 1.29 is 23.4 Å². The Morgan fingerprint density at radius 2 is 1.94 bits per heavy atom. The molecule has 4 rings (SSSR count). The molecule has 7 nitrogen and oxygen atoms in total. The van der Waals surface area contributed by atoms with Gasteiger partial charge in [0.25, 0.3) is 5.91 Å². The van der Waals surface area contributed by atoms with E-state index in [1.807, 2.05) is 54.3 Å². The second-order valence-corrected chi connectivity index (χ2v) is 8.28. The highest BCUT2D eigenvalue weighted by molar-refractivity contribution is 5.78. The molecule has 0 aliphatic carbocycles. The quantitative estimate of drug-likeness (QED) is 0.507. The number of aryl methyl sites for hydroxylation is 1. The number of benzene rings is 2. The molecule has 174 valence electrons. The molecule has 0 radical (unpaired) electrons. The van der Waals surface area contributed by atoms with E-state index in [1.165, 1.54) is 0 Å². The molecule has 0 bridgehead atoms. The number of carbonyl (C=O) groups excluding carboxylic acids is 1. The average molecular weight is 451 g/mol. The Labute approximate surface area is 194 Å². The molecule has 1 saturated heterocycles. The van der Waals surface area contributed by atoms with Gasteiger partial charge in [-0.3, -0.25) is 4.79 Å². The number of hydrogen-bond donors (Lipinski definition) is 0. The van der Waals surface area contributed by atoms with E-state index in [1.54, 1.807) is 20.4 Å². The molecule has 3 aromatic rings. The molecule has 1 atom stereocenters. The largest absolute Gasteiger partial charge is 0.496 e. The molecule has 1 amide bonds. The molecule has 0 spiro atoms. The summed E-state index contributed by atoms with van der Waals surface area (Å²) in [6.07, 6.45) is 4.22. The molecule has 1 aromatic heterocycles. The lowest BCUT2D eigenvalue weighted by molar-refractivity contribution is -0.134. The number of piperidine rings is 1. The van der Waals surface area contributed by atoms with Gasteiger partial charge in [-0.1, -0.05) is 24.3 Å². The lowest BCUT2D eigenvalue weighted by atomic mass is 9.98. The second kappa shape index (κ2) is 10.4. The fraction of sp³-hybridized carbons (Fsp3) is 0.385. The SMILES string of the molecule is COc1ccccc1Cc1cnc([C@@H]2CCCN(C(=O)COc3ccc(C)cc3OC)C2)o1. The van der Waals surface area contributed by atoms with E-state index in [9.17, 15) is 4.79 Å². The number of nitrogens with zero attached hydrogens (tertiary/aromatic N) is 2. The Bertz CT molecular complexity index is 1090. The van der Waals surface area contributed by atoms with Crippen LogP contribution in [0.25, 0.3) is 0 Å². The Hall–Kier alpha value is -3.48. The van der Waals surface area contributed by atoms with Crippen LogP contribution in [0.4, 0.5) is 0 Å². The van der Waals surface area contributed by atoms with Gasteiger partial charge in [0.1, 0.15) is 11.5 Å². The molecule has 33 heavy (non-hydrogen) atoms. The summed E-state index contributed by atoms with van der Waals surface area (Å²) in [6, 6.07) is 13.5. The number of rotatable bonds is 8. The summed E-state index contributed by atoms with van der Waals surface area (Å²) in [5, 5.41) is 0. The molecule has 7 heteroatoms. The molecule has 1 fully saturated rings. The van der Waals surface area contributed by atoms with Gasteiger partial charge in [-0.15, -0.1) is 0 Å². The minimum atomic E-state index is -0.0527. The first-order valence-electron chi connectivity index (χ1n) is 11.2. The number of oxazole rings is 1. The van der Waals surface area contributed by atoms with E-state index in [0.29, 0.717) is 36.9 Å². The Kier molecular flexibility index (Phi) is 7.17. The van der Waals surface area contributed by atoms with Gasteiger partial charge in [0.15, 0.2) is 24.0 Å². The Morgan fingerprint density at radius 3 is 2.76 bits per heavy atom.